The zero-order chi connectivity index (χ0) is 27.4. The minimum Gasteiger partial charge on any atom is -0.370 e. The molecule has 2 N–H and O–H groups in total. The molecule has 0 bridgehead atoms. The lowest BCUT2D eigenvalue weighted by Crippen LogP contribution is -2.38. The van der Waals surface area contributed by atoms with Crippen LogP contribution in [0.5, 0.6) is 0 Å². The average molecular weight is 521 g/mol. The molecule has 37 heavy (non-hydrogen) atoms. The molecular weight excluding hydrogens is 484 g/mol. The summed E-state index contributed by atoms with van der Waals surface area (Å²) in [5, 5.41) is 0. The standard InChI is InChI=1S/C13H22N2O2.C10H9F3.C6H5F/c14-13(17)8-3-10-1-4-11(5-2-10)15(9-16)12-6-7-12;1-7-3-5-9(6-4-7)8(2)10(11,12)13;7-6-4-2-1-3-5-6/h9-12H,1-8H2,(H2,14,17);3-6H,2H2,1H3;1-5H. The highest BCUT2D eigenvalue weighted by molar-refractivity contribution is 5.73. The number of alkyl halides is 3. The van der Waals surface area contributed by atoms with Gasteiger partial charge >= 0.3 is 6.18 Å². The third kappa shape index (κ3) is 11.2. The quantitative estimate of drug-likeness (QED) is 0.321. The first-order valence-corrected chi connectivity index (χ1v) is 12.6. The number of hydrogen-bond acceptors (Lipinski definition) is 2. The number of rotatable bonds is 7. The lowest BCUT2D eigenvalue weighted by Gasteiger charge is -2.34. The smallest absolute Gasteiger partial charge is 0.370 e. The summed E-state index contributed by atoms with van der Waals surface area (Å²) in [6, 6.07) is 15.0. The molecular formula is C29H36F4N2O2. The zero-order valence-corrected chi connectivity index (χ0v) is 21.2. The van der Waals surface area contributed by atoms with Gasteiger partial charge in [0.25, 0.3) is 0 Å². The van der Waals surface area contributed by atoms with Crippen molar-refractivity contribution in [2.75, 3.05) is 0 Å². The number of halogens is 4. The molecule has 2 aliphatic rings. The van der Waals surface area contributed by atoms with Crippen LogP contribution in [0.2, 0.25) is 0 Å². The van der Waals surface area contributed by atoms with E-state index in [2.05, 4.69) is 6.58 Å². The van der Waals surface area contributed by atoms with E-state index in [0.717, 1.165) is 44.1 Å². The number of amides is 2. The van der Waals surface area contributed by atoms with Crippen molar-refractivity contribution in [1.82, 2.24) is 4.90 Å². The van der Waals surface area contributed by atoms with Crippen molar-refractivity contribution < 1.29 is 27.2 Å². The molecule has 2 amide bonds. The number of primary amides is 1. The Labute approximate surface area is 216 Å². The van der Waals surface area contributed by atoms with Gasteiger partial charge in [0.05, 0.1) is 5.57 Å². The number of carbonyl (C=O) groups is 2. The molecule has 0 atom stereocenters. The molecule has 202 valence electrons. The van der Waals surface area contributed by atoms with Gasteiger partial charge < -0.3 is 10.6 Å². The first-order chi connectivity index (χ1) is 17.5. The van der Waals surface area contributed by atoms with Gasteiger partial charge in [0.15, 0.2) is 0 Å². The lowest BCUT2D eigenvalue weighted by atomic mass is 9.83. The van der Waals surface area contributed by atoms with Gasteiger partial charge in [-0.15, -0.1) is 0 Å². The van der Waals surface area contributed by atoms with Crippen LogP contribution >= 0.6 is 0 Å². The van der Waals surface area contributed by atoms with E-state index in [0.29, 0.717) is 24.4 Å². The fraction of sp³-hybridized carbons (Fsp3) is 0.448. The second-order valence-corrected chi connectivity index (χ2v) is 9.60. The van der Waals surface area contributed by atoms with E-state index in [1.54, 1.807) is 30.3 Å². The molecule has 0 unspecified atom stereocenters. The summed E-state index contributed by atoms with van der Waals surface area (Å²) >= 11 is 0. The summed E-state index contributed by atoms with van der Waals surface area (Å²) < 4.78 is 48.3. The number of hydrogen-bond donors (Lipinski definition) is 1. The summed E-state index contributed by atoms with van der Waals surface area (Å²) in [5.41, 5.74) is 5.42. The highest BCUT2D eigenvalue weighted by Gasteiger charge is 2.35. The van der Waals surface area contributed by atoms with E-state index in [1.165, 1.54) is 37.1 Å². The van der Waals surface area contributed by atoms with Crippen LogP contribution in [-0.4, -0.2) is 35.5 Å². The predicted octanol–water partition coefficient (Wildman–Crippen LogP) is 6.83. The second-order valence-electron chi connectivity index (χ2n) is 9.60. The summed E-state index contributed by atoms with van der Waals surface area (Å²) in [6.45, 7) is 4.82. The van der Waals surface area contributed by atoms with Crippen molar-refractivity contribution in [3.05, 3.63) is 78.1 Å². The monoisotopic (exact) mass is 520 g/mol. The minimum atomic E-state index is -4.34. The first-order valence-electron chi connectivity index (χ1n) is 12.6. The molecule has 2 aliphatic carbocycles. The average Bonchev–Trinajstić information content (AvgIpc) is 3.70. The Morgan fingerprint density at radius 3 is 1.86 bits per heavy atom. The van der Waals surface area contributed by atoms with Crippen LogP contribution in [0.3, 0.4) is 0 Å². The Morgan fingerprint density at radius 1 is 0.973 bits per heavy atom. The summed E-state index contributed by atoms with van der Waals surface area (Å²) in [6.07, 6.45) is 4.95. The Bertz CT molecular complexity index is 981. The fourth-order valence-corrected chi connectivity index (χ4v) is 4.25. The van der Waals surface area contributed by atoms with Gasteiger partial charge in [-0.2, -0.15) is 13.2 Å². The van der Waals surface area contributed by atoms with Gasteiger partial charge in [-0.25, -0.2) is 4.39 Å². The molecule has 0 radical (unpaired) electrons. The second kappa shape index (κ2) is 14.5. The van der Waals surface area contributed by atoms with E-state index in [1.807, 2.05) is 11.8 Å². The van der Waals surface area contributed by atoms with E-state index in [4.69, 9.17) is 5.73 Å². The SMILES string of the molecule is C=C(c1ccc(C)cc1)C(F)(F)F.Fc1ccccc1.NC(=O)CCC1CCC(N(C=O)C2CC2)CC1. The maximum atomic E-state index is 12.1. The van der Waals surface area contributed by atoms with Crippen molar-refractivity contribution in [3.8, 4) is 0 Å². The van der Waals surface area contributed by atoms with E-state index < -0.39 is 11.7 Å². The van der Waals surface area contributed by atoms with Crippen LogP contribution in [0.25, 0.3) is 5.57 Å². The van der Waals surface area contributed by atoms with Gasteiger partial charge in [0, 0.05) is 18.5 Å². The van der Waals surface area contributed by atoms with Gasteiger partial charge in [-0.3, -0.25) is 9.59 Å². The topological polar surface area (TPSA) is 63.4 Å². The fourth-order valence-electron chi connectivity index (χ4n) is 4.25. The molecule has 0 aromatic heterocycles. The van der Waals surface area contributed by atoms with Crippen LogP contribution in [0, 0.1) is 18.7 Å². The van der Waals surface area contributed by atoms with Crippen LogP contribution in [0.1, 0.15) is 62.5 Å². The van der Waals surface area contributed by atoms with Crippen LogP contribution in [-0.2, 0) is 9.59 Å². The van der Waals surface area contributed by atoms with Crippen molar-refractivity contribution in [2.45, 2.75) is 76.6 Å². The predicted molar refractivity (Wildman–Crippen MR) is 138 cm³/mol. The summed E-state index contributed by atoms with van der Waals surface area (Å²) in [5.74, 6) is 0.258. The van der Waals surface area contributed by atoms with Gasteiger partial charge in [-0.1, -0.05) is 54.6 Å². The first kappa shape index (κ1) is 30.1. The van der Waals surface area contributed by atoms with Crippen LogP contribution in [0.4, 0.5) is 17.6 Å². The van der Waals surface area contributed by atoms with Crippen LogP contribution in [0.15, 0.2) is 61.2 Å². The summed E-state index contributed by atoms with van der Waals surface area (Å²) in [4.78, 5) is 23.8. The molecule has 2 fully saturated rings. The maximum Gasteiger partial charge on any atom is 0.416 e. The molecule has 8 heteroatoms. The zero-order valence-electron chi connectivity index (χ0n) is 21.2. The van der Waals surface area contributed by atoms with Gasteiger partial charge in [0.1, 0.15) is 5.82 Å². The molecule has 0 spiro atoms. The van der Waals surface area contributed by atoms with Crippen LogP contribution < -0.4 is 5.73 Å². The Morgan fingerprint density at radius 2 is 1.49 bits per heavy atom. The van der Waals surface area contributed by atoms with Gasteiger partial charge in [0.2, 0.25) is 12.3 Å². The third-order valence-corrected chi connectivity index (χ3v) is 6.60. The molecule has 4 rings (SSSR count). The normalized spacial score (nSPS) is 18.8. The van der Waals surface area contributed by atoms with Gasteiger partial charge in [-0.05, 0) is 75.5 Å². The molecule has 4 nitrogen and oxygen atoms in total. The van der Waals surface area contributed by atoms with Crippen molar-refractivity contribution in [2.24, 2.45) is 11.7 Å². The lowest BCUT2D eigenvalue weighted by molar-refractivity contribution is -0.121. The maximum absolute atomic E-state index is 12.1. The number of benzene rings is 2. The number of aryl methyl sites for hydroxylation is 1. The molecule has 0 heterocycles. The highest BCUT2D eigenvalue weighted by atomic mass is 19.4. The van der Waals surface area contributed by atoms with Crippen molar-refractivity contribution in [1.29, 1.82) is 0 Å². The van der Waals surface area contributed by atoms with Crippen molar-refractivity contribution >= 4 is 17.9 Å². The minimum absolute atomic E-state index is 0.123. The van der Waals surface area contributed by atoms with E-state index in [-0.39, 0.29) is 17.3 Å². The number of nitrogens with two attached hydrogens (primary N) is 1. The van der Waals surface area contributed by atoms with E-state index in [9.17, 15) is 27.2 Å². The molecule has 2 aromatic rings. The summed E-state index contributed by atoms with van der Waals surface area (Å²) in [7, 11) is 0. The Hall–Kier alpha value is -3.16. The number of nitrogens with zero attached hydrogens (tertiary/aromatic N) is 1. The highest BCUT2D eigenvalue weighted by Crippen LogP contribution is 2.35. The van der Waals surface area contributed by atoms with E-state index >= 15 is 0 Å². The molecule has 0 aliphatic heterocycles. The molecule has 2 saturated carbocycles. The Kier molecular flexibility index (Phi) is 11.8. The van der Waals surface area contributed by atoms with Crippen molar-refractivity contribution in [3.63, 3.8) is 0 Å². The molecule has 0 saturated heterocycles. The third-order valence-electron chi connectivity index (χ3n) is 6.60. The molecule has 2 aromatic carbocycles. The number of carbonyl (C=O) groups excluding carboxylic acids is 2. The Balaban J connectivity index is 0.000000212. The number of allylic oxidation sites excluding steroid dienone is 1. The largest absolute Gasteiger partial charge is 0.416 e.